The Hall–Kier alpha value is -0.290. The second-order valence-electron chi connectivity index (χ2n) is 2.88. The van der Waals surface area contributed by atoms with Gasteiger partial charge in [0, 0.05) is 6.04 Å². The van der Waals surface area contributed by atoms with Crippen LogP contribution in [0.5, 0.6) is 0 Å². The molecule has 1 aliphatic rings. The molecule has 72 valence electrons. The molecular weight excluding hydrogens is 171 g/mol. The van der Waals surface area contributed by atoms with Gasteiger partial charge in [0.05, 0.1) is 6.61 Å². The maximum absolute atomic E-state index is 11.4. The van der Waals surface area contributed by atoms with Crippen molar-refractivity contribution in [1.29, 1.82) is 0 Å². The second kappa shape index (κ2) is 4.09. The quantitative estimate of drug-likeness (QED) is 0.654. The van der Waals surface area contributed by atoms with E-state index in [2.05, 4.69) is 10.1 Å². The molecule has 5 heteroatoms. The van der Waals surface area contributed by atoms with Gasteiger partial charge >= 0.3 is 6.36 Å². The fraction of sp³-hybridized carbons (Fsp3) is 1.00. The summed E-state index contributed by atoms with van der Waals surface area (Å²) in [6.07, 6.45) is -1.75. The highest BCUT2D eigenvalue weighted by molar-refractivity contribution is 4.80. The van der Waals surface area contributed by atoms with E-state index < -0.39 is 6.36 Å². The van der Waals surface area contributed by atoms with E-state index in [0.29, 0.717) is 19.0 Å². The van der Waals surface area contributed by atoms with Crippen LogP contribution < -0.4 is 5.32 Å². The van der Waals surface area contributed by atoms with Gasteiger partial charge < -0.3 is 5.32 Å². The van der Waals surface area contributed by atoms with Gasteiger partial charge in [0.1, 0.15) is 0 Å². The lowest BCUT2D eigenvalue weighted by atomic mass is 10.4. The van der Waals surface area contributed by atoms with Gasteiger partial charge in [-0.25, -0.2) is 0 Å². The zero-order valence-corrected chi connectivity index (χ0v) is 6.66. The Balaban J connectivity index is 1.82. The van der Waals surface area contributed by atoms with Crippen LogP contribution in [0.2, 0.25) is 0 Å². The Morgan fingerprint density at radius 3 is 2.50 bits per heavy atom. The monoisotopic (exact) mass is 183 g/mol. The van der Waals surface area contributed by atoms with Crippen LogP contribution in [0.25, 0.3) is 0 Å². The molecule has 1 saturated carbocycles. The van der Waals surface area contributed by atoms with Gasteiger partial charge in [-0.2, -0.15) is 0 Å². The van der Waals surface area contributed by atoms with Crippen molar-refractivity contribution in [2.24, 2.45) is 0 Å². The molecule has 2 nitrogen and oxygen atoms in total. The molecule has 0 atom stereocenters. The van der Waals surface area contributed by atoms with Crippen LogP contribution in [-0.2, 0) is 4.74 Å². The number of hydrogen-bond donors (Lipinski definition) is 1. The zero-order valence-electron chi connectivity index (χ0n) is 6.66. The van der Waals surface area contributed by atoms with Gasteiger partial charge in [0.25, 0.3) is 0 Å². The first kappa shape index (κ1) is 9.80. The summed E-state index contributed by atoms with van der Waals surface area (Å²) in [6.45, 7) is 0.365. The summed E-state index contributed by atoms with van der Waals surface area (Å²) in [6, 6.07) is 0.552. The van der Waals surface area contributed by atoms with E-state index in [0.717, 1.165) is 12.8 Å². The van der Waals surface area contributed by atoms with Crippen LogP contribution in [0.1, 0.15) is 19.3 Å². The molecule has 0 heterocycles. The molecule has 1 N–H and O–H groups in total. The van der Waals surface area contributed by atoms with Gasteiger partial charge in [-0.1, -0.05) is 0 Å². The zero-order chi connectivity index (χ0) is 9.03. The van der Waals surface area contributed by atoms with E-state index in [9.17, 15) is 13.2 Å². The fourth-order valence-electron chi connectivity index (χ4n) is 0.854. The minimum atomic E-state index is -4.47. The highest BCUT2D eigenvalue weighted by Gasteiger charge is 2.28. The van der Waals surface area contributed by atoms with Crippen LogP contribution in [0.15, 0.2) is 0 Å². The van der Waals surface area contributed by atoms with E-state index in [4.69, 9.17) is 0 Å². The van der Waals surface area contributed by atoms with Crippen molar-refractivity contribution in [2.75, 3.05) is 13.2 Å². The summed E-state index contributed by atoms with van der Waals surface area (Å²) in [5.74, 6) is 0. The Morgan fingerprint density at radius 2 is 2.00 bits per heavy atom. The summed E-state index contributed by atoms with van der Waals surface area (Å²) in [7, 11) is 0. The van der Waals surface area contributed by atoms with Crippen LogP contribution >= 0.6 is 0 Å². The summed E-state index contributed by atoms with van der Waals surface area (Å²) in [5.41, 5.74) is 0. The smallest absolute Gasteiger partial charge is 0.314 e. The lowest BCUT2D eigenvalue weighted by Gasteiger charge is -2.06. The summed E-state index contributed by atoms with van der Waals surface area (Å²) >= 11 is 0. The van der Waals surface area contributed by atoms with Crippen LogP contribution in [0, 0.1) is 0 Å². The molecule has 0 aromatic heterocycles. The molecule has 0 unspecified atom stereocenters. The van der Waals surface area contributed by atoms with Crippen molar-refractivity contribution in [3.8, 4) is 0 Å². The lowest BCUT2D eigenvalue weighted by molar-refractivity contribution is -0.324. The standard InChI is InChI=1S/C7H12F3NO/c8-7(9,10)12-5-1-4-11-6-2-3-6/h6,11H,1-5H2. The van der Waals surface area contributed by atoms with Gasteiger partial charge in [0.2, 0.25) is 0 Å². The molecule has 0 amide bonds. The number of rotatable bonds is 5. The lowest BCUT2D eigenvalue weighted by Crippen LogP contribution is -2.21. The molecule has 1 aliphatic carbocycles. The topological polar surface area (TPSA) is 21.3 Å². The number of hydrogen-bond acceptors (Lipinski definition) is 2. The molecule has 0 saturated heterocycles. The third-order valence-electron chi connectivity index (χ3n) is 1.60. The molecule has 1 rings (SSSR count). The molecule has 1 fully saturated rings. The van der Waals surface area contributed by atoms with E-state index in [1.165, 1.54) is 0 Å². The predicted octanol–water partition coefficient (Wildman–Crippen LogP) is 1.66. The fourth-order valence-corrected chi connectivity index (χ4v) is 0.854. The predicted molar refractivity (Wildman–Crippen MR) is 37.6 cm³/mol. The Morgan fingerprint density at radius 1 is 1.33 bits per heavy atom. The average molecular weight is 183 g/mol. The summed E-state index contributed by atoms with van der Waals surface area (Å²) in [5, 5.41) is 3.10. The molecule has 0 aromatic rings. The molecule has 12 heavy (non-hydrogen) atoms. The molecule has 0 radical (unpaired) electrons. The van der Waals surface area contributed by atoms with E-state index in [-0.39, 0.29) is 6.61 Å². The SMILES string of the molecule is FC(F)(F)OCCCNC1CC1. The number of alkyl halides is 3. The van der Waals surface area contributed by atoms with Crippen molar-refractivity contribution in [1.82, 2.24) is 5.32 Å². The van der Waals surface area contributed by atoms with Gasteiger partial charge in [-0.3, -0.25) is 4.74 Å². The van der Waals surface area contributed by atoms with Crippen LogP contribution in [-0.4, -0.2) is 25.6 Å². The van der Waals surface area contributed by atoms with Crippen LogP contribution in [0.3, 0.4) is 0 Å². The van der Waals surface area contributed by atoms with Gasteiger partial charge in [-0.15, -0.1) is 13.2 Å². The average Bonchev–Trinajstić information content (AvgIpc) is 2.68. The van der Waals surface area contributed by atoms with Crippen molar-refractivity contribution >= 4 is 0 Å². The third kappa shape index (κ3) is 5.37. The Kier molecular flexibility index (Phi) is 3.34. The van der Waals surface area contributed by atoms with Crippen molar-refractivity contribution in [3.05, 3.63) is 0 Å². The first-order valence-electron chi connectivity index (χ1n) is 4.02. The van der Waals surface area contributed by atoms with Crippen LogP contribution in [0.4, 0.5) is 13.2 Å². The minimum absolute atomic E-state index is 0.247. The van der Waals surface area contributed by atoms with Gasteiger partial charge in [0.15, 0.2) is 0 Å². The summed E-state index contributed by atoms with van der Waals surface area (Å²) in [4.78, 5) is 0. The minimum Gasteiger partial charge on any atom is -0.314 e. The summed E-state index contributed by atoms with van der Waals surface area (Å²) < 4.78 is 37.8. The maximum Gasteiger partial charge on any atom is 0.522 e. The Bertz CT molecular complexity index is 133. The molecule has 0 aliphatic heterocycles. The largest absolute Gasteiger partial charge is 0.522 e. The van der Waals surface area contributed by atoms with E-state index >= 15 is 0 Å². The molecule has 0 aromatic carbocycles. The molecular formula is C7H12F3NO. The third-order valence-corrected chi connectivity index (χ3v) is 1.60. The van der Waals surface area contributed by atoms with Crippen molar-refractivity contribution in [2.45, 2.75) is 31.7 Å². The first-order valence-corrected chi connectivity index (χ1v) is 4.02. The van der Waals surface area contributed by atoms with Gasteiger partial charge in [-0.05, 0) is 25.8 Å². The normalized spacial score (nSPS) is 18.2. The maximum atomic E-state index is 11.4. The molecule has 0 bridgehead atoms. The highest BCUT2D eigenvalue weighted by atomic mass is 19.4. The van der Waals surface area contributed by atoms with Crippen molar-refractivity contribution in [3.63, 3.8) is 0 Å². The molecule has 0 spiro atoms. The number of nitrogens with one attached hydrogen (secondary N) is 1. The van der Waals surface area contributed by atoms with E-state index in [1.807, 2.05) is 0 Å². The highest BCUT2D eigenvalue weighted by Crippen LogP contribution is 2.18. The number of halogens is 3. The Labute approximate surface area is 69.1 Å². The first-order chi connectivity index (χ1) is 5.58. The van der Waals surface area contributed by atoms with E-state index in [1.54, 1.807) is 0 Å². The second-order valence-corrected chi connectivity index (χ2v) is 2.88. The number of ether oxygens (including phenoxy) is 1. The van der Waals surface area contributed by atoms with Crippen molar-refractivity contribution < 1.29 is 17.9 Å².